The Balaban J connectivity index is 1.81. The van der Waals surface area contributed by atoms with E-state index in [-0.39, 0.29) is 10.8 Å². The number of hydrogen-bond donors (Lipinski definition) is 0. The predicted molar refractivity (Wildman–Crippen MR) is 98.7 cm³/mol. The summed E-state index contributed by atoms with van der Waals surface area (Å²) in [6.07, 6.45) is 5.55. The Hall–Kier alpha value is -2.25. The minimum absolute atomic E-state index is 0.173. The van der Waals surface area contributed by atoms with Crippen molar-refractivity contribution in [1.82, 2.24) is 14.2 Å². The summed E-state index contributed by atoms with van der Waals surface area (Å²) in [5.74, 6) is -0.173. The van der Waals surface area contributed by atoms with Gasteiger partial charge in [-0.2, -0.15) is 4.31 Å². The Labute approximate surface area is 154 Å². The van der Waals surface area contributed by atoms with E-state index in [9.17, 15) is 13.2 Å². The van der Waals surface area contributed by atoms with Crippen molar-refractivity contribution in [3.05, 3.63) is 60.4 Å². The van der Waals surface area contributed by atoms with Crippen LogP contribution >= 0.6 is 0 Å². The van der Waals surface area contributed by atoms with Gasteiger partial charge in [0.2, 0.25) is 15.9 Å². The molecule has 26 heavy (non-hydrogen) atoms. The number of hydrogen-bond acceptors (Lipinski definition) is 4. The average Bonchev–Trinajstić information content (AvgIpc) is 2.69. The van der Waals surface area contributed by atoms with E-state index in [1.807, 2.05) is 12.1 Å². The fourth-order valence-electron chi connectivity index (χ4n) is 3.27. The summed E-state index contributed by atoms with van der Waals surface area (Å²) in [7, 11) is -1.98. The summed E-state index contributed by atoms with van der Waals surface area (Å²) in [4.78, 5) is 18.9. The first-order chi connectivity index (χ1) is 12.5. The number of benzene rings is 1. The van der Waals surface area contributed by atoms with Crippen LogP contribution in [0, 0.1) is 0 Å². The van der Waals surface area contributed by atoms with Crippen LogP contribution in [0.2, 0.25) is 0 Å². The lowest BCUT2D eigenvalue weighted by Gasteiger charge is -2.35. The Morgan fingerprint density at radius 1 is 1.19 bits per heavy atom. The molecule has 6 nitrogen and oxygen atoms in total. The minimum atomic E-state index is -3.69. The molecule has 138 valence electrons. The summed E-state index contributed by atoms with van der Waals surface area (Å²) >= 11 is 0. The Bertz CT molecular complexity index is 841. The molecule has 0 N–H and O–H groups in total. The van der Waals surface area contributed by atoms with Crippen molar-refractivity contribution in [2.24, 2.45) is 0 Å². The summed E-state index contributed by atoms with van der Waals surface area (Å²) in [6.45, 7) is 0.775. The number of carbonyl (C=O) groups is 1. The second-order valence-corrected chi connectivity index (χ2v) is 8.39. The SMILES string of the molecule is CN(Cc1cccnc1)C(=O)C1CCCCN1S(=O)(=O)c1ccccc1. The first kappa shape index (κ1) is 18.5. The molecule has 7 heteroatoms. The van der Waals surface area contributed by atoms with Crippen LogP contribution in [0.25, 0.3) is 0 Å². The number of rotatable bonds is 5. The van der Waals surface area contributed by atoms with Crippen LogP contribution in [0.4, 0.5) is 0 Å². The third-order valence-electron chi connectivity index (χ3n) is 4.61. The molecule has 1 saturated heterocycles. The van der Waals surface area contributed by atoms with E-state index in [1.165, 1.54) is 4.31 Å². The highest BCUT2D eigenvalue weighted by molar-refractivity contribution is 7.89. The van der Waals surface area contributed by atoms with E-state index in [2.05, 4.69) is 4.98 Å². The maximum absolute atomic E-state index is 13.0. The van der Waals surface area contributed by atoms with Crippen LogP contribution < -0.4 is 0 Å². The Kier molecular flexibility index (Phi) is 5.68. The molecule has 0 bridgehead atoms. The largest absolute Gasteiger partial charge is 0.340 e. The number of nitrogens with zero attached hydrogens (tertiary/aromatic N) is 3. The number of pyridine rings is 1. The molecule has 1 fully saturated rings. The van der Waals surface area contributed by atoms with Crippen molar-refractivity contribution in [2.45, 2.75) is 36.7 Å². The molecule has 0 spiro atoms. The van der Waals surface area contributed by atoms with Gasteiger partial charge in [0.05, 0.1) is 4.90 Å². The zero-order valence-electron chi connectivity index (χ0n) is 14.8. The Morgan fingerprint density at radius 2 is 1.96 bits per heavy atom. The third-order valence-corrected chi connectivity index (χ3v) is 6.53. The highest BCUT2D eigenvalue weighted by Crippen LogP contribution is 2.26. The predicted octanol–water partition coefficient (Wildman–Crippen LogP) is 2.28. The highest BCUT2D eigenvalue weighted by Gasteiger charge is 2.38. The second kappa shape index (κ2) is 7.97. The minimum Gasteiger partial charge on any atom is -0.340 e. The molecule has 1 aromatic heterocycles. The average molecular weight is 373 g/mol. The molecule has 1 atom stereocenters. The zero-order valence-corrected chi connectivity index (χ0v) is 15.6. The molecule has 1 aliphatic heterocycles. The molecule has 0 aliphatic carbocycles. The molecule has 0 saturated carbocycles. The van der Waals surface area contributed by atoms with Gasteiger partial charge in [0.1, 0.15) is 6.04 Å². The van der Waals surface area contributed by atoms with E-state index >= 15 is 0 Å². The molecule has 0 radical (unpaired) electrons. The number of likely N-dealkylation sites (N-methyl/N-ethyl adjacent to an activating group) is 1. The van der Waals surface area contributed by atoms with E-state index in [0.717, 1.165) is 18.4 Å². The zero-order chi connectivity index (χ0) is 18.6. The molecule has 1 unspecified atom stereocenters. The van der Waals surface area contributed by atoms with Gasteiger partial charge in [-0.05, 0) is 36.6 Å². The number of sulfonamides is 1. The molecule has 3 rings (SSSR count). The van der Waals surface area contributed by atoms with Crippen LogP contribution in [0.1, 0.15) is 24.8 Å². The number of piperidine rings is 1. The van der Waals surface area contributed by atoms with Crippen LogP contribution in [-0.2, 0) is 21.4 Å². The highest BCUT2D eigenvalue weighted by atomic mass is 32.2. The third kappa shape index (κ3) is 3.94. The van der Waals surface area contributed by atoms with E-state index in [4.69, 9.17) is 0 Å². The van der Waals surface area contributed by atoms with Gasteiger partial charge in [-0.1, -0.05) is 30.7 Å². The van der Waals surface area contributed by atoms with E-state index in [0.29, 0.717) is 19.5 Å². The van der Waals surface area contributed by atoms with Crippen molar-refractivity contribution < 1.29 is 13.2 Å². The van der Waals surface area contributed by atoms with E-state index in [1.54, 1.807) is 54.7 Å². The van der Waals surface area contributed by atoms with Gasteiger partial charge in [0.15, 0.2) is 0 Å². The normalized spacial score (nSPS) is 18.4. The lowest BCUT2D eigenvalue weighted by Crippen LogP contribution is -2.51. The first-order valence-corrected chi connectivity index (χ1v) is 10.1. The maximum atomic E-state index is 13.0. The number of amides is 1. The summed E-state index contributed by atoms with van der Waals surface area (Å²) in [6, 6.07) is 11.4. The van der Waals surface area contributed by atoms with Gasteiger partial charge in [-0.15, -0.1) is 0 Å². The summed E-state index contributed by atoms with van der Waals surface area (Å²) in [5.41, 5.74) is 0.914. The van der Waals surface area contributed by atoms with Crippen LogP contribution in [0.5, 0.6) is 0 Å². The Morgan fingerprint density at radius 3 is 2.65 bits per heavy atom. The molecule has 1 aromatic carbocycles. The van der Waals surface area contributed by atoms with E-state index < -0.39 is 16.1 Å². The lowest BCUT2D eigenvalue weighted by molar-refractivity contribution is -0.135. The van der Waals surface area contributed by atoms with Crippen molar-refractivity contribution in [2.75, 3.05) is 13.6 Å². The molecule has 1 amide bonds. The fraction of sp³-hybridized carbons (Fsp3) is 0.368. The smallest absolute Gasteiger partial charge is 0.243 e. The summed E-state index contributed by atoms with van der Waals surface area (Å²) < 4.78 is 27.4. The van der Waals surface area contributed by atoms with Gasteiger partial charge in [0, 0.05) is 32.5 Å². The van der Waals surface area contributed by atoms with Gasteiger partial charge in [-0.3, -0.25) is 9.78 Å². The second-order valence-electron chi connectivity index (χ2n) is 6.50. The maximum Gasteiger partial charge on any atom is 0.243 e. The van der Waals surface area contributed by atoms with Crippen LogP contribution in [-0.4, -0.2) is 48.1 Å². The molecule has 1 aliphatic rings. The van der Waals surface area contributed by atoms with Crippen molar-refractivity contribution in [3.63, 3.8) is 0 Å². The molecular weight excluding hydrogens is 350 g/mol. The molecular formula is C19H23N3O3S. The monoisotopic (exact) mass is 373 g/mol. The van der Waals surface area contributed by atoms with Crippen LogP contribution in [0.3, 0.4) is 0 Å². The molecule has 2 aromatic rings. The number of aromatic nitrogens is 1. The lowest BCUT2D eigenvalue weighted by atomic mass is 10.0. The number of carbonyl (C=O) groups excluding carboxylic acids is 1. The molecule has 2 heterocycles. The van der Waals surface area contributed by atoms with Gasteiger partial charge in [0.25, 0.3) is 0 Å². The van der Waals surface area contributed by atoms with Crippen molar-refractivity contribution >= 4 is 15.9 Å². The van der Waals surface area contributed by atoms with Gasteiger partial charge >= 0.3 is 0 Å². The van der Waals surface area contributed by atoms with Gasteiger partial charge < -0.3 is 4.90 Å². The van der Waals surface area contributed by atoms with Gasteiger partial charge in [-0.25, -0.2) is 8.42 Å². The standard InChI is InChI=1S/C19H23N3O3S/c1-21(15-16-8-7-12-20-14-16)19(23)18-11-5-6-13-22(18)26(24,25)17-9-3-2-4-10-17/h2-4,7-10,12,14,18H,5-6,11,13,15H2,1H3. The van der Waals surface area contributed by atoms with Crippen molar-refractivity contribution in [1.29, 1.82) is 0 Å². The van der Waals surface area contributed by atoms with Crippen LogP contribution in [0.15, 0.2) is 59.8 Å². The fourth-order valence-corrected chi connectivity index (χ4v) is 4.94. The summed E-state index contributed by atoms with van der Waals surface area (Å²) in [5, 5.41) is 0. The first-order valence-electron chi connectivity index (χ1n) is 8.71. The van der Waals surface area contributed by atoms with Crippen molar-refractivity contribution in [3.8, 4) is 0 Å². The quantitative estimate of drug-likeness (QED) is 0.806. The topological polar surface area (TPSA) is 70.6 Å².